The second kappa shape index (κ2) is 16.6. The van der Waals surface area contributed by atoms with Crippen LogP contribution in [-0.2, 0) is 0 Å². The third-order valence-corrected chi connectivity index (χ3v) is 20.2. The van der Waals surface area contributed by atoms with Crippen molar-refractivity contribution in [3.05, 3.63) is 285 Å². The lowest BCUT2D eigenvalue weighted by atomic mass is 9.92. The zero-order valence-electron chi connectivity index (χ0n) is 56.2. The number of hydrogen-bond donors (Lipinski definition) is 0. The predicted molar refractivity (Wildman–Crippen MR) is 326 cm³/mol. The quantitative estimate of drug-likeness (QED) is 0.0859. The molecule has 0 bridgehead atoms. The minimum absolute atomic E-state index is 0.00857. The second-order valence-corrected chi connectivity index (χ2v) is 23.0. The van der Waals surface area contributed by atoms with E-state index in [1.165, 1.54) is 0 Å². The maximum absolute atomic E-state index is 9.43. The highest BCUT2D eigenvalue weighted by Crippen LogP contribution is 2.45. The van der Waals surface area contributed by atoms with E-state index in [9.17, 15) is 11.0 Å². The van der Waals surface area contributed by atoms with Gasteiger partial charge in [0.15, 0.2) is 8.07 Å². The van der Waals surface area contributed by atoms with Crippen molar-refractivity contribution in [2.45, 2.75) is 0 Å². The van der Waals surface area contributed by atoms with E-state index >= 15 is 0 Å². The Morgan fingerprint density at radius 3 is 1.09 bits per heavy atom. The molecule has 0 N–H and O–H groups in total. The molecular formula is C72H47N3Si. The lowest BCUT2D eigenvalue weighted by molar-refractivity contribution is 1.17. The van der Waals surface area contributed by atoms with Gasteiger partial charge in [0.2, 0.25) is 0 Å². The van der Waals surface area contributed by atoms with Gasteiger partial charge in [0.05, 0.1) is 55.0 Å². The summed E-state index contributed by atoms with van der Waals surface area (Å²) in [5.74, 6) is 0. The molecule has 3 heterocycles. The first-order valence-corrected chi connectivity index (χ1v) is 27.0. The standard InChI is InChI=1S/C72H47N3Si/c1-3-23-51(24-4-1)76(52-25-5-2-6-26-52,53-27-19-21-48(45-53)73-65-37-15-11-32-58(65)59-33-12-16-38-66(59)73)54-28-20-22-49(46-54)75-69-43-41-50(74-67-39-17-13-34-60(67)61-35-14-18-40-68(61)74)47-64(69)72-70(75)44-42-63-57-31-8-7-29-55(57)56-30-9-10-36-62(56)71(63)72/h1-47H/i11D,12D,13D,14D,15D,16D,17D,18D,32D,33D,34D,35D,37D,38D,39D,40D. The third kappa shape index (κ3) is 6.04. The first-order chi connectivity index (χ1) is 44.4. The molecule has 0 saturated heterocycles. The Labute approximate surface area is 462 Å². The summed E-state index contributed by atoms with van der Waals surface area (Å²) in [7, 11) is -3.65. The van der Waals surface area contributed by atoms with E-state index in [2.05, 4.69) is 89.5 Å². The van der Waals surface area contributed by atoms with E-state index in [0.717, 1.165) is 80.6 Å². The average molecular weight is 998 g/mol. The second-order valence-electron chi connectivity index (χ2n) is 19.2. The van der Waals surface area contributed by atoms with Gasteiger partial charge in [-0.2, -0.15) is 0 Å². The van der Waals surface area contributed by atoms with Crippen LogP contribution in [0.2, 0.25) is 0 Å². The normalized spacial score (nSPS) is 15.2. The van der Waals surface area contributed by atoms with Gasteiger partial charge in [-0.1, -0.05) is 212 Å². The minimum atomic E-state index is -3.65. The number of benzene rings is 13. The fraction of sp³-hybridized carbons (Fsp3) is 0. The molecule has 0 aliphatic rings. The number of fused-ring (bicyclic) bond motifs is 16. The molecule has 0 spiro atoms. The Balaban J connectivity index is 1.03. The molecule has 0 aliphatic heterocycles. The van der Waals surface area contributed by atoms with Crippen LogP contribution in [0.5, 0.6) is 0 Å². The van der Waals surface area contributed by atoms with Gasteiger partial charge >= 0.3 is 0 Å². The van der Waals surface area contributed by atoms with Crippen molar-refractivity contribution in [3.8, 4) is 17.1 Å². The zero-order valence-corrected chi connectivity index (χ0v) is 41.2. The Kier molecular flexibility index (Phi) is 6.53. The van der Waals surface area contributed by atoms with Crippen molar-refractivity contribution in [2.75, 3.05) is 0 Å². The summed E-state index contributed by atoms with van der Waals surface area (Å²) in [5, 5.41) is 11.3. The maximum Gasteiger partial charge on any atom is 0.179 e. The molecule has 4 heteroatoms. The van der Waals surface area contributed by atoms with Crippen LogP contribution in [0, 0.1) is 0 Å². The summed E-state index contributed by atoms with van der Waals surface area (Å²) >= 11 is 0. The van der Waals surface area contributed by atoms with Crippen LogP contribution >= 0.6 is 0 Å². The van der Waals surface area contributed by atoms with Crippen LogP contribution in [0.4, 0.5) is 0 Å². The lowest BCUT2D eigenvalue weighted by Crippen LogP contribution is -2.74. The Bertz CT molecular complexity index is 5750. The van der Waals surface area contributed by atoms with Gasteiger partial charge in [0.25, 0.3) is 0 Å². The molecule has 0 aliphatic carbocycles. The smallest absolute Gasteiger partial charge is 0.179 e. The first-order valence-electron chi connectivity index (χ1n) is 33.0. The third-order valence-electron chi connectivity index (χ3n) is 15.4. The van der Waals surface area contributed by atoms with E-state index in [1.807, 2.05) is 97.1 Å². The molecule has 3 aromatic heterocycles. The molecule has 3 nitrogen and oxygen atoms in total. The van der Waals surface area contributed by atoms with Crippen LogP contribution in [0.1, 0.15) is 21.9 Å². The maximum atomic E-state index is 9.43. The molecule has 354 valence electrons. The van der Waals surface area contributed by atoms with E-state index in [1.54, 1.807) is 15.2 Å². The fourth-order valence-corrected chi connectivity index (χ4v) is 17.2. The summed E-state index contributed by atoms with van der Waals surface area (Å²) in [6.07, 6.45) is 0. The van der Waals surface area contributed by atoms with Gasteiger partial charge in [0, 0.05) is 54.8 Å². The Hall–Kier alpha value is -9.74. The summed E-state index contributed by atoms with van der Waals surface area (Å²) in [6.45, 7) is 0. The number of rotatable bonds is 7. The fourth-order valence-electron chi connectivity index (χ4n) is 12.4. The van der Waals surface area contributed by atoms with Gasteiger partial charge in [0.1, 0.15) is 0 Å². The number of para-hydroxylation sites is 4. The summed E-state index contributed by atoms with van der Waals surface area (Å²) in [6, 6.07) is 55.7. The van der Waals surface area contributed by atoms with Crippen molar-refractivity contribution in [3.63, 3.8) is 0 Å². The molecule has 76 heavy (non-hydrogen) atoms. The van der Waals surface area contributed by atoms with Crippen molar-refractivity contribution < 1.29 is 21.9 Å². The molecule has 0 saturated carbocycles. The van der Waals surface area contributed by atoms with Crippen molar-refractivity contribution in [1.29, 1.82) is 0 Å². The summed E-state index contributed by atoms with van der Waals surface area (Å²) in [5.41, 5.74) is 3.20. The van der Waals surface area contributed by atoms with Crippen LogP contribution < -0.4 is 20.7 Å². The molecule has 16 aromatic rings. The van der Waals surface area contributed by atoms with Crippen LogP contribution in [0.25, 0.3) is 115 Å². The van der Waals surface area contributed by atoms with Crippen molar-refractivity contribution >= 4 is 127 Å². The monoisotopic (exact) mass is 997 g/mol. The van der Waals surface area contributed by atoms with E-state index in [0.29, 0.717) is 11.4 Å². The molecule has 16 rings (SSSR count). The predicted octanol–water partition coefficient (Wildman–Crippen LogP) is 15.8. The highest BCUT2D eigenvalue weighted by atomic mass is 28.3. The summed E-state index contributed by atoms with van der Waals surface area (Å²) in [4.78, 5) is 0. The Morgan fingerprint density at radius 2 is 0.605 bits per heavy atom. The van der Waals surface area contributed by atoms with E-state index in [4.69, 9.17) is 11.0 Å². The molecular weight excluding hydrogens is 935 g/mol. The number of nitrogens with zero attached hydrogens (tertiary/aromatic N) is 3. The first kappa shape index (κ1) is 29.8. The molecule has 0 unspecified atom stereocenters. The largest absolute Gasteiger partial charge is 0.309 e. The average Bonchev–Trinajstić information content (AvgIpc) is 1.48. The van der Waals surface area contributed by atoms with Crippen LogP contribution in [0.3, 0.4) is 0 Å². The van der Waals surface area contributed by atoms with Gasteiger partial charge in [-0.05, 0) is 120 Å². The SMILES string of the molecule is [2H]c1c([2H])c([2H])c2c(c1[2H])c1c([2H])c([2H])c([2H])c([2H])c1n2-c1cccc([Si](c2ccccc2)(c2ccccc2)c2cccc(-n3c4ccc(-n5c6c([2H])c([2H])c([2H])c([2H])c6c6c([2H])c([2H])c([2H])c([2H])c65)cc4c4c5c6ccccc6c6ccccc6c5ccc43)c2)c1. The molecule has 0 fully saturated rings. The number of aromatic nitrogens is 3. The molecule has 0 radical (unpaired) electrons. The topological polar surface area (TPSA) is 14.8 Å². The van der Waals surface area contributed by atoms with Gasteiger partial charge in [-0.25, -0.2) is 0 Å². The summed E-state index contributed by atoms with van der Waals surface area (Å²) < 4.78 is 150. The van der Waals surface area contributed by atoms with E-state index < -0.39 is 105 Å². The van der Waals surface area contributed by atoms with Gasteiger partial charge in [-0.15, -0.1) is 0 Å². The van der Waals surface area contributed by atoms with Gasteiger partial charge < -0.3 is 13.7 Å². The Morgan fingerprint density at radius 1 is 0.237 bits per heavy atom. The van der Waals surface area contributed by atoms with Gasteiger partial charge in [-0.3, -0.25) is 0 Å². The van der Waals surface area contributed by atoms with Crippen molar-refractivity contribution in [1.82, 2.24) is 13.7 Å². The molecule has 0 amide bonds. The van der Waals surface area contributed by atoms with Crippen molar-refractivity contribution in [2.24, 2.45) is 0 Å². The number of hydrogen-bond acceptors (Lipinski definition) is 0. The zero-order chi connectivity index (χ0) is 63.8. The van der Waals surface area contributed by atoms with Crippen LogP contribution in [-0.4, -0.2) is 21.8 Å². The molecule has 0 atom stereocenters. The van der Waals surface area contributed by atoms with Crippen LogP contribution in [0.15, 0.2) is 285 Å². The highest BCUT2D eigenvalue weighted by Gasteiger charge is 2.42. The minimum Gasteiger partial charge on any atom is -0.309 e. The highest BCUT2D eigenvalue weighted by molar-refractivity contribution is 7.20. The lowest BCUT2D eigenvalue weighted by Gasteiger charge is -2.35. The molecule has 13 aromatic carbocycles. The van der Waals surface area contributed by atoms with E-state index in [-0.39, 0.29) is 43.6 Å².